The highest BCUT2D eigenvalue weighted by atomic mass is 19.1. The molecule has 2 fully saturated rings. The minimum absolute atomic E-state index is 0.0107. The summed E-state index contributed by atoms with van der Waals surface area (Å²) in [6.45, 7) is 6.55. The van der Waals surface area contributed by atoms with E-state index in [1.54, 1.807) is 9.80 Å². The van der Waals surface area contributed by atoms with Crippen LogP contribution in [0, 0.1) is 11.6 Å². The van der Waals surface area contributed by atoms with Gasteiger partial charge in [-0.2, -0.15) is 0 Å². The summed E-state index contributed by atoms with van der Waals surface area (Å²) in [7, 11) is 0. The van der Waals surface area contributed by atoms with Crippen LogP contribution in [0.15, 0.2) is 42.5 Å². The SMILES string of the molecule is CC(C)(C)OC(=O)N1CCC(N(Cc2ccc(F)cc2F)C(=O)NCc2ccc(OC3CC3)cc2)CC1. The molecule has 4 rings (SSSR count). The zero-order valence-corrected chi connectivity index (χ0v) is 21.6. The topological polar surface area (TPSA) is 71.1 Å². The molecule has 0 spiro atoms. The zero-order chi connectivity index (χ0) is 26.6. The van der Waals surface area contributed by atoms with E-state index in [9.17, 15) is 18.4 Å². The Hall–Kier alpha value is -3.36. The highest BCUT2D eigenvalue weighted by Gasteiger charge is 2.32. The number of carbonyl (C=O) groups is 2. The van der Waals surface area contributed by atoms with Crippen molar-refractivity contribution in [2.45, 2.75) is 77.3 Å². The van der Waals surface area contributed by atoms with Gasteiger partial charge >= 0.3 is 12.1 Å². The van der Waals surface area contributed by atoms with Gasteiger partial charge in [0.2, 0.25) is 0 Å². The molecule has 1 aliphatic carbocycles. The molecule has 7 nitrogen and oxygen atoms in total. The number of likely N-dealkylation sites (tertiary alicyclic amines) is 1. The zero-order valence-electron chi connectivity index (χ0n) is 21.6. The minimum atomic E-state index is -0.699. The van der Waals surface area contributed by atoms with Gasteiger partial charge in [0.25, 0.3) is 0 Å². The second-order valence-electron chi connectivity index (χ2n) is 10.7. The summed E-state index contributed by atoms with van der Waals surface area (Å²) in [5, 5.41) is 2.93. The van der Waals surface area contributed by atoms with Crippen LogP contribution in [0.4, 0.5) is 18.4 Å². The number of carbonyl (C=O) groups excluding carboxylic acids is 2. The summed E-state index contributed by atoms with van der Waals surface area (Å²) in [5.74, 6) is -0.560. The molecular formula is C28H35F2N3O4. The highest BCUT2D eigenvalue weighted by Crippen LogP contribution is 2.27. The van der Waals surface area contributed by atoms with Crippen molar-refractivity contribution in [2.75, 3.05) is 13.1 Å². The summed E-state index contributed by atoms with van der Waals surface area (Å²) in [5.41, 5.74) is 0.541. The number of benzene rings is 2. The van der Waals surface area contributed by atoms with Gasteiger partial charge in [0, 0.05) is 37.3 Å². The summed E-state index contributed by atoms with van der Waals surface area (Å²) < 4.78 is 39.2. The molecule has 2 aromatic rings. The summed E-state index contributed by atoms with van der Waals surface area (Å²) in [6, 6.07) is 10.4. The first-order valence-electron chi connectivity index (χ1n) is 12.8. The van der Waals surface area contributed by atoms with E-state index in [1.807, 2.05) is 45.0 Å². The molecule has 0 aromatic heterocycles. The molecular weight excluding hydrogens is 480 g/mol. The van der Waals surface area contributed by atoms with E-state index in [4.69, 9.17) is 9.47 Å². The lowest BCUT2D eigenvalue weighted by atomic mass is 10.0. The Bertz CT molecular complexity index is 1090. The Morgan fingerprint density at radius 3 is 2.30 bits per heavy atom. The molecule has 37 heavy (non-hydrogen) atoms. The number of urea groups is 1. The van der Waals surface area contributed by atoms with Crippen molar-refractivity contribution in [3.63, 3.8) is 0 Å². The van der Waals surface area contributed by atoms with Crippen LogP contribution < -0.4 is 10.1 Å². The fraction of sp³-hybridized carbons (Fsp3) is 0.500. The van der Waals surface area contributed by atoms with E-state index in [-0.39, 0.29) is 30.3 Å². The van der Waals surface area contributed by atoms with E-state index in [0.717, 1.165) is 30.2 Å². The van der Waals surface area contributed by atoms with E-state index in [1.165, 1.54) is 12.1 Å². The van der Waals surface area contributed by atoms with Gasteiger partial charge < -0.3 is 24.6 Å². The van der Waals surface area contributed by atoms with Crippen molar-refractivity contribution in [3.8, 4) is 5.75 Å². The Balaban J connectivity index is 1.40. The third kappa shape index (κ3) is 7.81. The van der Waals surface area contributed by atoms with Crippen LogP contribution in [0.1, 0.15) is 57.6 Å². The first kappa shape index (κ1) is 26.7. The van der Waals surface area contributed by atoms with Crippen LogP contribution in [0.25, 0.3) is 0 Å². The lowest BCUT2D eigenvalue weighted by molar-refractivity contribution is 0.0160. The number of hydrogen-bond donors (Lipinski definition) is 1. The van der Waals surface area contributed by atoms with Crippen LogP contribution in [-0.4, -0.2) is 52.8 Å². The average Bonchev–Trinajstić information content (AvgIpc) is 3.66. The summed E-state index contributed by atoms with van der Waals surface area (Å²) in [6.07, 6.45) is 3.12. The van der Waals surface area contributed by atoms with Gasteiger partial charge in [0.15, 0.2) is 0 Å². The largest absolute Gasteiger partial charge is 0.490 e. The molecule has 0 bridgehead atoms. The second-order valence-corrected chi connectivity index (χ2v) is 10.7. The van der Waals surface area contributed by atoms with Gasteiger partial charge in [-0.15, -0.1) is 0 Å². The van der Waals surface area contributed by atoms with E-state index < -0.39 is 17.2 Å². The maximum absolute atomic E-state index is 14.5. The third-order valence-electron chi connectivity index (χ3n) is 6.37. The monoisotopic (exact) mass is 515 g/mol. The number of piperidine rings is 1. The van der Waals surface area contributed by atoms with Crippen molar-refractivity contribution in [3.05, 3.63) is 65.2 Å². The smallest absolute Gasteiger partial charge is 0.410 e. The normalized spacial score (nSPS) is 16.3. The molecule has 2 aromatic carbocycles. The number of halogens is 2. The fourth-order valence-corrected chi connectivity index (χ4v) is 4.23. The van der Waals surface area contributed by atoms with Gasteiger partial charge in [0.1, 0.15) is 23.0 Å². The van der Waals surface area contributed by atoms with Crippen molar-refractivity contribution >= 4 is 12.1 Å². The van der Waals surface area contributed by atoms with Crippen molar-refractivity contribution < 1.29 is 27.8 Å². The maximum atomic E-state index is 14.5. The molecule has 2 aliphatic rings. The van der Waals surface area contributed by atoms with Crippen molar-refractivity contribution in [1.82, 2.24) is 15.1 Å². The van der Waals surface area contributed by atoms with E-state index in [2.05, 4.69) is 5.32 Å². The van der Waals surface area contributed by atoms with Gasteiger partial charge in [-0.25, -0.2) is 18.4 Å². The van der Waals surface area contributed by atoms with Gasteiger partial charge in [-0.3, -0.25) is 0 Å². The number of nitrogens with one attached hydrogen (secondary N) is 1. The molecule has 9 heteroatoms. The van der Waals surface area contributed by atoms with Crippen LogP contribution in [0.3, 0.4) is 0 Å². The average molecular weight is 516 g/mol. The van der Waals surface area contributed by atoms with E-state index >= 15 is 0 Å². The second kappa shape index (κ2) is 11.4. The highest BCUT2D eigenvalue weighted by molar-refractivity contribution is 5.75. The summed E-state index contributed by atoms with van der Waals surface area (Å²) in [4.78, 5) is 29.0. The molecule has 1 aliphatic heterocycles. The number of ether oxygens (including phenoxy) is 2. The molecule has 3 amide bonds. The van der Waals surface area contributed by atoms with Crippen molar-refractivity contribution in [1.29, 1.82) is 0 Å². The van der Waals surface area contributed by atoms with Gasteiger partial charge in [0.05, 0.1) is 12.6 Å². The van der Waals surface area contributed by atoms with Gasteiger partial charge in [-0.1, -0.05) is 18.2 Å². The third-order valence-corrected chi connectivity index (χ3v) is 6.37. The lowest BCUT2D eigenvalue weighted by Gasteiger charge is -2.39. The van der Waals surface area contributed by atoms with E-state index in [0.29, 0.717) is 38.6 Å². The minimum Gasteiger partial charge on any atom is -0.490 e. The standard InChI is InChI=1S/C28H35F2N3O4/c1-28(2,3)37-27(35)32-14-12-22(13-15-32)33(18-20-6-7-21(29)16-25(20)30)26(34)31-17-19-4-8-23(9-5-19)36-24-10-11-24/h4-9,16,22,24H,10-15,17-18H2,1-3H3,(H,31,34). The molecule has 0 unspecified atom stereocenters. The lowest BCUT2D eigenvalue weighted by Crippen LogP contribution is -2.51. The maximum Gasteiger partial charge on any atom is 0.410 e. The first-order chi connectivity index (χ1) is 17.6. The Morgan fingerprint density at radius 1 is 1.03 bits per heavy atom. The predicted molar refractivity (Wildman–Crippen MR) is 135 cm³/mol. The fourth-order valence-electron chi connectivity index (χ4n) is 4.23. The molecule has 1 saturated heterocycles. The molecule has 1 saturated carbocycles. The number of rotatable bonds is 7. The molecule has 0 atom stereocenters. The number of amides is 3. The molecule has 1 heterocycles. The first-order valence-corrected chi connectivity index (χ1v) is 12.8. The van der Waals surface area contributed by atoms with Crippen LogP contribution >= 0.6 is 0 Å². The van der Waals surface area contributed by atoms with Crippen LogP contribution in [-0.2, 0) is 17.8 Å². The Labute approximate surface area is 216 Å². The van der Waals surface area contributed by atoms with Crippen LogP contribution in [0.5, 0.6) is 5.75 Å². The summed E-state index contributed by atoms with van der Waals surface area (Å²) >= 11 is 0. The predicted octanol–water partition coefficient (Wildman–Crippen LogP) is 5.62. The quantitative estimate of drug-likeness (QED) is 0.520. The molecule has 1 N–H and O–H groups in total. The van der Waals surface area contributed by atoms with Gasteiger partial charge in [-0.05, 0) is 70.2 Å². The Morgan fingerprint density at radius 2 is 1.70 bits per heavy atom. The molecule has 200 valence electrons. The molecule has 0 radical (unpaired) electrons. The number of hydrogen-bond acceptors (Lipinski definition) is 4. The Kier molecular flexibility index (Phi) is 8.19. The van der Waals surface area contributed by atoms with Crippen LogP contribution in [0.2, 0.25) is 0 Å². The van der Waals surface area contributed by atoms with Crippen molar-refractivity contribution in [2.24, 2.45) is 0 Å². The number of nitrogens with zero attached hydrogens (tertiary/aromatic N) is 2.